The van der Waals surface area contributed by atoms with Gasteiger partial charge in [0.25, 0.3) is 11.2 Å². The van der Waals surface area contributed by atoms with Crippen molar-refractivity contribution in [3.63, 3.8) is 0 Å². The fourth-order valence-corrected chi connectivity index (χ4v) is 3.38. The molecule has 1 aromatic heterocycles. The maximum atomic E-state index is 13.5. The van der Waals surface area contributed by atoms with E-state index >= 15 is 0 Å². The van der Waals surface area contributed by atoms with Crippen molar-refractivity contribution in [2.75, 3.05) is 5.43 Å². The standard InChI is InChI=1S/C21H20F3N3O/c1-20(2)12-8-7-11-17(20)26-27-16(14-9-5-4-6-10-14)13-15(21(22,23)24)18(25-3)19(27)28/h4-6,9-11,13,26H,7-8,12H2,1-2H3. The first-order valence-corrected chi connectivity index (χ1v) is 8.93. The van der Waals surface area contributed by atoms with Gasteiger partial charge in [-0.15, -0.1) is 0 Å². The molecule has 0 saturated heterocycles. The number of halogens is 3. The van der Waals surface area contributed by atoms with E-state index in [2.05, 4.69) is 10.3 Å². The summed E-state index contributed by atoms with van der Waals surface area (Å²) >= 11 is 0. The fourth-order valence-electron chi connectivity index (χ4n) is 3.38. The van der Waals surface area contributed by atoms with Crippen LogP contribution in [0.15, 0.2) is 53.0 Å². The van der Waals surface area contributed by atoms with Gasteiger partial charge >= 0.3 is 6.18 Å². The lowest BCUT2D eigenvalue weighted by molar-refractivity contribution is -0.136. The predicted molar refractivity (Wildman–Crippen MR) is 102 cm³/mol. The van der Waals surface area contributed by atoms with Gasteiger partial charge in [0.2, 0.25) is 0 Å². The SMILES string of the molecule is [C-]#[N+]c1c(C(F)(F)F)cc(-c2ccccc2)n(NC2=CCCCC2(C)C)c1=O. The summed E-state index contributed by atoms with van der Waals surface area (Å²) in [7, 11) is 0. The number of rotatable bonds is 3. The van der Waals surface area contributed by atoms with Gasteiger partial charge in [0.15, 0.2) is 0 Å². The minimum absolute atomic E-state index is 0.0626. The van der Waals surface area contributed by atoms with Crippen molar-refractivity contribution in [1.82, 2.24) is 4.68 Å². The maximum Gasteiger partial charge on any atom is 0.407 e. The average molecular weight is 387 g/mol. The Hall–Kier alpha value is -3.01. The molecule has 0 radical (unpaired) electrons. The van der Waals surface area contributed by atoms with Crippen LogP contribution in [0.3, 0.4) is 0 Å². The van der Waals surface area contributed by atoms with Crippen LogP contribution < -0.4 is 11.0 Å². The monoisotopic (exact) mass is 387 g/mol. The van der Waals surface area contributed by atoms with Crippen LogP contribution in [0, 0.1) is 12.0 Å². The van der Waals surface area contributed by atoms with E-state index in [0.29, 0.717) is 5.56 Å². The highest BCUT2D eigenvalue weighted by atomic mass is 19.4. The highest BCUT2D eigenvalue weighted by molar-refractivity contribution is 5.66. The fraction of sp³-hybridized carbons (Fsp3) is 0.333. The Morgan fingerprint density at radius 1 is 1.21 bits per heavy atom. The number of alkyl halides is 3. The maximum absolute atomic E-state index is 13.5. The molecule has 0 bridgehead atoms. The van der Waals surface area contributed by atoms with E-state index in [1.807, 2.05) is 19.9 Å². The van der Waals surface area contributed by atoms with Gasteiger partial charge in [-0.1, -0.05) is 50.3 Å². The van der Waals surface area contributed by atoms with Crippen molar-refractivity contribution < 1.29 is 13.2 Å². The van der Waals surface area contributed by atoms with Gasteiger partial charge in [0.1, 0.15) is 0 Å². The lowest BCUT2D eigenvalue weighted by atomic mass is 9.80. The quantitative estimate of drug-likeness (QED) is 0.684. The molecule has 0 unspecified atom stereocenters. The van der Waals surface area contributed by atoms with Crippen LogP contribution in [0.5, 0.6) is 0 Å². The van der Waals surface area contributed by atoms with Gasteiger partial charge in [0.05, 0.1) is 17.8 Å². The number of nitrogens with one attached hydrogen (secondary N) is 1. The third-order valence-electron chi connectivity index (χ3n) is 4.99. The molecule has 146 valence electrons. The largest absolute Gasteiger partial charge is 0.407 e. The molecule has 1 N–H and O–H groups in total. The number of aromatic nitrogens is 1. The van der Waals surface area contributed by atoms with Crippen LogP contribution in [-0.2, 0) is 6.18 Å². The summed E-state index contributed by atoms with van der Waals surface area (Å²) < 4.78 is 41.6. The summed E-state index contributed by atoms with van der Waals surface area (Å²) in [6, 6.07) is 9.24. The van der Waals surface area contributed by atoms with Crippen molar-refractivity contribution in [2.24, 2.45) is 5.41 Å². The topological polar surface area (TPSA) is 38.4 Å². The van der Waals surface area contributed by atoms with E-state index < -0.39 is 23.0 Å². The van der Waals surface area contributed by atoms with Gasteiger partial charge in [0, 0.05) is 16.7 Å². The molecule has 1 heterocycles. The van der Waals surface area contributed by atoms with Crippen LogP contribution in [-0.4, -0.2) is 4.68 Å². The minimum atomic E-state index is -4.80. The first kappa shape index (κ1) is 19.7. The second-order valence-electron chi connectivity index (χ2n) is 7.41. The highest BCUT2D eigenvalue weighted by Crippen LogP contribution is 2.38. The Kier molecular flexibility index (Phi) is 5.07. The number of nitrogens with zero attached hydrogens (tertiary/aromatic N) is 2. The first-order valence-electron chi connectivity index (χ1n) is 8.93. The van der Waals surface area contributed by atoms with Gasteiger partial charge in [-0.05, 0) is 25.3 Å². The number of benzene rings is 1. The molecule has 0 atom stereocenters. The van der Waals surface area contributed by atoms with Crippen molar-refractivity contribution in [3.8, 4) is 11.3 Å². The number of allylic oxidation sites excluding steroid dienone is 2. The third-order valence-corrected chi connectivity index (χ3v) is 4.99. The van der Waals surface area contributed by atoms with Crippen LogP contribution in [0.25, 0.3) is 16.1 Å². The van der Waals surface area contributed by atoms with E-state index in [-0.39, 0.29) is 11.1 Å². The molecule has 1 aliphatic rings. The van der Waals surface area contributed by atoms with Crippen LogP contribution in [0.1, 0.15) is 38.7 Å². The Morgan fingerprint density at radius 2 is 1.89 bits per heavy atom. The number of hydrogen-bond donors (Lipinski definition) is 1. The smallest absolute Gasteiger partial charge is 0.296 e. The molecule has 0 spiro atoms. The second kappa shape index (κ2) is 7.19. The lowest BCUT2D eigenvalue weighted by Gasteiger charge is -2.33. The van der Waals surface area contributed by atoms with Gasteiger partial charge < -0.3 is 0 Å². The molecule has 7 heteroatoms. The molecule has 2 aromatic rings. The van der Waals surface area contributed by atoms with Crippen LogP contribution >= 0.6 is 0 Å². The predicted octanol–water partition coefficient (Wildman–Crippen LogP) is 5.72. The normalized spacial score (nSPS) is 16.2. The number of pyridine rings is 1. The zero-order chi connectivity index (χ0) is 20.5. The van der Waals surface area contributed by atoms with E-state index in [9.17, 15) is 18.0 Å². The van der Waals surface area contributed by atoms with Crippen molar-refractivity contribution in [1.29, 1.82) is 0 Å². The third kappa shape index (κ3) is 3.68. The Bertz CT molecular complexity index is 1010. The minimum Gasteiger partial charge on any atom is -0.296 e. The Balaban J connectivity index is 2.28. The summed E-state index contributed by atoms with van der Waals surface area (Å²) in [6.07, 6.45) is -0.140. The molecule has 0 fully saturated rings. The summed E-state index contributed by atoms with van der Waals surface area (Å²) in [6.45, 7) is 11.2. The van der Waals surface area contributed by atoms with Gasteiger partial charge in [-0.3, -0.25) is 10.2 Å². The molecule has 0 aliphatic heterocycles. The zero-order valence-corrected chi connectivity index (χ0v) is 15.6. The Morgan fingerprint density at radius 3 is 2.46 bits per heavy atom. The van der Waals surface area contributed by atoms with Gasteiger partial charge in [-0.2, -0.15) is 13.2 Å². The molecule has 1 aliphatic carbocycles. The van der Waals surface area contributed by atoms with Crippen molar-refractivity contribution >= 4 is 5.69 Å². The first-order chi connectivity index (χ1) is 13.1. The molecular formula is C21H20F3N3O. The molecule has 0 amide bonds. The van der Waals surface area contributed by atoms with E-state index in [0.717, 1.165) is 35.7 Å². The summed E-state index contributed by atoms with van der Waals surface area (Å²) in [5.74, 6) is 0. The van der Waals surface area contributed by atoms with E-state index in [1.165, 1.54) is 0 Å². The van der Waals surface area contributed by atoms with Crippen LogP contribution in [0.2, 0.25) is 0 Å². The molecule has 4 nitrogen and oxygen atoms in total. The summed E-state index contributed by atoms with van der Waals surface area (Å²) in [4.78, 5) is 15.8. The van der Waals surface area contributed by atoms with Crippen molar-refractivity contribution in [3.05, 3.63) is 75.5 Å². The average Bonchev–Trinajstić information content (AvgIpc) is 2.64. The molecular weight excluding hydrogens is 367 g/mol. The second-order valence-corrected chi connectivity index (χ2v) is 7.41. The molecule has 1 aromatic carbocycles. The summed E-state index contributed by atoms with van der Waals surface area (Å²) in [5.41, 5.74) is 0.860. The zero-order valence-electron chi connectivity index (χ0n) is 15.6. The Labute approximate surface area is 161 Å². The lowest BCUT2D eigenvalue weighted by Crippen LogP contribution is -2.36. The molecule has 3 rings (SSSR count). The number of hydrogen-bond acceptors (Lipinski definition) is 2. The van der Waals surface area contributed by atoms with Crippen LogP contribution in [0.4, 0.5) is 18.9 Å². The van der Waals surface area contributed by atoms with Crippen molar-refractivity contribution in [2.45, 2.75) is 39.3 Å². The van der Waals surface area contributed by atoms with Gasteiger partial charge in [-0.25, -0.2) is 9.52 Å². The molecule has 28 heavy (non-hydrogen) atoms. The molecule has 0 saturated carbocycles. The van der Waals surface area contributed by atoms with E-state index in [4.69, 9.17) is 6.57 Å². The highest BCUT2D eigenvalue weighted by Gasteiger charge is 2.37. The summed E-state index contributed by atoms with van der Waals surface area (Å²) in [5, 5.41) is 0. The van der Waals surface area contributed by atoms with E-state index in [1.54, 1.807) is 30.3 Å².